The molecule has 1 aromatic carbocycles. The molecule has 5 nitrogen and oxygen atoms in total. The van der Waals surface area contributed by atoms with Gasteiger partial charge >= 0.3 is 0 Å². The molecule has 0 saturated carbocycles. The molecule has 1 fully saturated rings. The smallest absolute Gasteiger partial charge is 0.295 e. The van der Waals surface area contributed by atoms with Crippen molar-refractivity contribution >= 4 is 11.4 Å². The van der Waals surface area contributed by atoms with Crippen LogP contribution in [0.15, 0.2) is 12.1 Å². The van der Waals surface area contributed by atoms with Crippen molar-refractivity contribution in [2.75, 3.05) is 31.1 Å². The van der Waals surface area contributed by atoms with E-state index in [9.17, 15) is 18.9 Å². The molecule has 0 amide bonds. The van der Waals surface area contributed by atoms with E-state index in [1.807, 2.05) is 0 Å². The van der Waals surface area contributed by atoms with Crippen LogP contribution in [-0.2, 0) is 0 Å². The largest absolute Gasteiger partial charge is 0.361 e. The van der Waals surface area contributed by atoms with E-state index < -0.39 is 22.2 Å². The normalized spacial score (nSPS) is 16.0. The van der Waals surface area contributed by atoms with Crippen molar-refractivity contribution in [2.24, 2.45) is 0 Å². The molecule has 1 aromatic rings. The highest BCUT2D eigenvalue weighted by atomic mass is 19.2. The van der Waals surface area contributed by atoms with Crippen molar-refractivity contribution in [1.82, 2.24) is 5.32 Å². The summed E-state index contributed by atoms with van der Waals surface area (Å²) in [4.78, 5) is 11.6. The highest BCUT2D eigenvalue weighted by Crippen LogP contribution is 2.32. The number of anilines is 1. The Morgan fingerprint density at radius 1 is 1.29 bits per heavy atom. The molecular weight excluding hydrogens is 232 g/mol. The second kappa shape index (κ2) is 4.62. The third kappa shape index (κ3) is 2.19. The predicted molar refractivity (Wildman–Crippen MR) is 58.1 cm³/mol. The first-order valence-corrected chi connectivity index (χ1v) is 5.19. The number of rotatable bonds is 2. The summed E-state index contributed by atoms with van der Waals surface area (Å²) in [7, 11) is 0. The molecule has 1 saturated heterocycles. The van der Waals surface area contributed by atoms with Crippen LogP contribution in [0, 0.1) is 21.7 Å². The van der Waals surface area contributed by atoms with Gasteiger partial charge in [0.05, 0.1) is 4.92 Å². The zero-order chi connectivity index (χ0) is 12.4. The lowest BCUT2D eigenvalue weighted by Crippen LogP contribution is -2.44. The number of nitro groups is 1. The fraction of sp³-hybridized carbons (Fsp3) is 0.400. The van der Waals surface area contributed by atoms with Gasteiger partial charge in [0.15, 0.2) is 17.3 Å². The second-order valence-corrected chi connectivity index (χ2v) is 3.72. The second-order valence-electron chi connectivity index (χ2n) is 3.72. The van der Waals surface area contributed by atoms with Crippen LogP contribution in [0.5, 0.6) is 0 Å². The van der Waals surface area contributed by atoms with Crippen LogP contribution in [-0.4, -0.2) is 31.1 Å². The maximum atomic E-state index is 13.7. The third-order valence-electron chi connectivity index (χ3n) is 2.68. The Labute approximate surface area is 96.2 Å². The van der Waals surface area contributed by atoms with E-state index in [1.54, 1.807) is 0 Å². The Bertz CT molecular complexity index is 447. The zero-order valence-corrected chi connectivity index (χ0v) is 8.95. The fourth-order valence-electron chi connectivity index (χ4n) is 1.87. The van der Waals surface area contributed by atoms with Crippen molar-refractivity contribution in [2.45, 2.75) is 0 Å². The Hall–Kier alpha value is -1.76. The van der Waals surface area contributed by atoms with Gasteiger partial charge in [-0.25, -0.2) is 8.78 Å². The Balaban J connectivity index is 2.48. The van der Waals surface area contributed by atoms with E-state index >= 15 is 0 Å². The summed E-state index contributed by atoms with van der Waals surface area (Å²) in [6.45, 7) is 2.02. The molecule has 17 heavy (non-hydrogen) atoms. The first-order chi connectivity index (χ1) is 8.11. The summed E-state index contributed by atoms with van der Waals surface area (Å²) in [5.41, 5.74) is -0.651. The quantitative estimate of drug-likeness (QED) is 0.628. The summed E-state index contributed by atoms with van der Waals surface area (Å²) < 4.78 is 26.8. The lowest BCUT2D eigenvalue weighted by Gasteiger charge is -2.29. The minimum Gasteiger partial charge on any atom is -0.361 e. The predicted octanol–water partition coefficient (Wildman–Crippen LogP) is 1.28. The molecule has 1 aliphatic rings. The number of nitrogens with zero attached hydrogens (tertiary/aromatic N) is 2. The van der Waals surface area contributed by atoms with Crippen LogP contribution in [0.2, 0.25) is 0 Å². The van der Waals surface area contributed by atoms with Gasteiger partial charge in [-0.15, -0.1) is 0 Å². The Morgan fingerprint density at radius 3 is 2.53 bits per heavy atom. The molecule has 0 atom stereocenters. The lowest BCUT2D eigenvalue weighted by atomic mass is 10.2. The topological polar surface area (TPSA) is 58.4 Å². The molecule has 0 aliphatic carbocycles. The molecule has 7 heteroatoms. The molecule has 0 radical (unpaired) electrons. The number of nitro benzene ring substituents is 1. The van der Waals surface area contributed by atoms with Crippen LogP contribution in [0.3, 0.4) is 0 Å². The van der Waals surface area contributed by atoms with Crippen molar-refractivity contribution in [1.29, 1.82) is 0 Å². The fourth-order valence-corrected chi connectivity index (χ4v) is 1.87. The van der Waals surface area contributed by atoms with Gasteiger partial charge in [0, 0.05) is 32.2 Å². The van der Waals surface area contributed by atoms with Gasteiger partial charge in [-0.05, 0) is 6.07 Å². The average molecular weight is 243 g/mol. The van der Waals surface area contributed by atoms with Crippen molar-refractivity contribution in [3.63, 3.8) is 0 Å². The van der Waals surface area contributed by atoms with Crippen LogP contribution in [0.1, 0.15) is 0 Å². The SMILES string of the molecule is O=[N+]([O-])c1ccc(F)c(F)c1N1CCNCC1. The van der Waals surface area contributed by atoms with Crippen LogP contribution in [0.4, 0.5) is 20.2 Å². The molecule has 2 rings (SSSR count). The van der Waals surface area contributed by atoms with Gasteiger partial charge in [-0.2, -0.15) is 0 Å². The van der Waals surface area contributed by atoms with E-state index in [1.165, 1.54) is 4.90 Å². The van der Waals surface area contributed by atoms with E-state index in [4.69, 9.17) is 0 Å². The number of halogens is 2. The number of hydrogen-bond donors (Lipinski definition) is 1. The summed E-state index contributed by atoms with van der Waals surface area (Å²) in [5, 5.41) is 13.8. The zero-order valence-electron chi connectivity index (χ0n) is 8.95. The van der Waals surface area contributed by atoms with Crippen LogP contribution >= 0.6 is 0 Å². The highest BCUT2D eigenvalue weighted by molar-refractivity contribution is 5.64. The number of piperazine rings is 1. The van der Waals surface area contributed by atoms with Gasteiger partial charge in [0.25, 0.3) is 5.69 Å². The number of nitrogens with one attached hydrogen (secondary N) is 1. The van der Waals surface area contributed by atoms with Gasteiger partial charge in [-0.1, -0.05) is 0 Å². The summed E-state index contributed by atoms with van der Waals surface area (Å²) >= 11 is 0. The molecule has 92 valence electrons. The standard InChI is InChI=1S/C10H11F2N3O2/c11-7-1-2-8(15(16)17)10(9(7)12)14-5-3-13-4-6-14/h1-2,13H,3-6H2. The minimum absolute atomic E-state index is 0.253. The first-order valence-electron chi connectivity index (χ1n) is 5.19. The molecular formula is C10H11F2N3O2. The molecule has 1 aliphatic heterocycles. The van der Waals surface area contributed by atoms with E-state index in [-0.39, 0.29) is 5.69 Å². The Morgan fingerprint density at radius 2 is 1.94 bits per heavy atom. The van der Waals surface area contributed by atoms with Crippen LogP contribution in [0.25, 0.3) is 0 Å². The lowest BCUT2D eigenvalue weighted by molar-refractivity contribution is -0.384. The van der Waals surface area contributed by atoms with Crippen molar-refractivity contribution < 1.29 is 13.7 Å². The summed E-state index contributed by atoms with van der Waals surface area (Å²) in [6, 6.07) is 1.77. The first kappa shape index (κ1) is 11.7. The molecule has 0 unspecified atom stereocenters. The van der Waals surface area contributed by atoms with Crippen molar-refractivity contribution in [3.8, 4) is 0 Å². The minimum atomic E-state index is -1.15. The molecule has 0 spiro atoms. The monoisotopic (exact) mass is 243 g/mol. The molecule has 0 aromatic heterocycles. The van der Waals surface area contributed by atoms with Gasteiger partial charge in [-0.3, -0.25) is 10.1 Å². The van der Waals surface area contributed by atoms with Crippen LogP contribution < -0.4 is 10.2 Å². The number of benzene rings is 1. The van der Waals surface area contributed by atoms with E-state index in [0.717, 1.165) is 12.1 Å². The molecule has 1 N–H and O–H groups in total. The molecule has 1 heterocycles. The average Bonchev–Trinajstić information content (AvgIpc) is 2.33. The summed E-state index contributed by atoms with van der Waals surface area (Å²) in [5.74, 6) is -2.22. The number of hydrogen-bond acceptors (Lipinski definition) is 4. The molecule has 0 bridgehead atoms. The van der Waals surface area contributed by atoms with Crippen molar-refractivity contribution in [3.05, 3.63) is 33.9 Å². The maximum Gasteiger partial charge on any atom is 0.295 e. The summed E-state index contributed by atoms with van der Waals surface area (Å²) in [6.07, 6.45) is 0. The van der Waals surface area contributed by atoms with Gasteiger partial charge < -0.3 is 10.2 Å². The van der Waals surface area contributed by atoms with Gasteiger partial charge in [0.1, 0.15) is 0 Å². The maximum absolute atomic E-state index is 13.7. The van der Waals surface area contributed by atoms with E-state index in [0.29, 0.717) is 26.2 Å². The third-order valence-corrected chi connectivity index (χ3v) is 2.68. The van der Waals surface area contributed by atoms with E-state index in [2.05, 4.69) is 5.32 Å². The highest BCUT2D eigenvalue weighted by Gasteiger charge is 2.27. The van der Waals surface area contributed by atoms with Gasteiger partial charge in [0.2, 0.25) is 0 Å². The Kier molecular flexibility index (Phi) is 3.19.